The lowest BCUT2D eigenvalue weighted by atomic mass is 10.0. The molecule has 0 aliphatic heterocycles. The van der Waals surface area contributed by atoms with Gasteiger partial charge in [0.15, 0.2) is 0 Å². The van der Waals surface area contributed by atoms with Gasteiger partial charge < -0.3 is 15.7 Å². The van der Waals surface area contributed by atoms with Crippen LogP contribution in [0, 0.1) is 0 Å². The van der Waals surface area contributed by atoms with Crippen LogP contribution in [0.2, 0.25) is 5.02 Å². The molecule has 1 unspecified atom stereocenters. The first-order chi connectivity index (χ1) is 9.17. The summed E-state index contributed by atoms with van der Waals surface area (Å²) in [6, 6.07) is 7.73. The van der Waals surface area contributed by atoms with Crippen molar-refractivity contribution in [2.24, 2.45) is 5.73 Å². The first-order valence-electron chi connectivity index (χ1n) is 7.01. The molecule has 0 amide bonds. The second kappa shape index (κ2) is 9.32. The van der Waals surface area contributed by atoms with Crippen LogP contribution >= 0.6 is 11.6 Å². The number of nitrogens with two attached hydrogens (primary N) is 1. The maximum absolute atomic E-state index is 9.06. The molecule has 0 saturated heterocycles. The van der Waals surface area contributed by atoms with Gasteiger partial charge in [-0.1, -0.05) is 37.1 Å². The monoisotopic (exact) mass is 284 g/mol. The molecule has 0 aliphatic rings. The summed E-state index contributed by atoms with van der Waals surface area (Å²) in [5.74, 6) is 0. The van der Waals surface area contributed by atoms with Crippen molar-refractivity contribution >= 4 is 11.6 Å². The standard InChI is InChI=1S/C15H25ClN2O/c1-2-3-8-18(10-11-19)9-7-15(17)13-5-4-6-14(16)12-13/h4-6,12,15,19H,2-3,7-11,17H2,1H3. The minimum Gasteiger partial charge on any atom is -0.395 e. The zero-order chi connectivity index (χ0) is 14.1. The molecule has 1 rings (SSSR count). The zero-order valence-corrected chi connectivity index (χ0v) is 12.4. The Bertz CT molecular complexity index is 360. The molecule has 3 N–H and O–H groups in total. The molecule has 1 aromatic rings. The molecule has 1 aromatic carbocycles. The molecule has 0 fully saturated rings. The summed E-state index contributed by atoms with van der Waals surface area (Å²) in [6.45, 7) is 5.04. The number of aliphatic hydroxyl groups excluding tert-OH is 1. The van der Waals surface area contributed by atoms with Crippen molar-refractivity contribution in [2.45, 2.75) is 32.2 Å². The van der Waals surface area contributed by atoms with Crippen LogP contribution in [-0.4, -0.2) is 36.2 Å². The Labute approximate surface area is 121 Å². The van der Waals surface area contributed by atoms with Crippen molar-refractivity contribution in [3.05, 3.63) is 34.9 Å². The molecule has 0 radical (unpaired) electrons. The first kappa shape index (κ1) is 16.4. The Balaban J connectivity index is 2.44. The lowest BCUT2D eigenvalue weighted by molar-refractivity contribution is 0.189. The molecule has 0 bridgehead atoms. The van der Waals surface area contributed by atoms with E-state index in [-0.39, 0.29) is 12.6 Å². The number of hydrogen-bond acceptors (Lipinski definition) is 3. The molecule has 4 heteroatoms. The van der Waals surface area contributed by atoms with Gasteiger partial charge in [0, 0.05) is 24.2 Å². The highest BCUT2D eigenvalue weighted by Crippen LogP contribution is 2.18. The van der Waals surface area contributed by atoms with Gasteiger partial charge in [0.2, 0.25) is 0 Å². The highest BCUT2D eigenvalue weighted by molar-refractivity contribution is 6.30. The number of rotatable bonds is 9. The summed E-state index contributed by atoms with van der Waals surface area (Å²) >= 11 is 5.97. The Morgan fingerprint density at radius 2 is 2.11 bits per heavy atom. The van der Waals surface area contributed by atoms with Crippen LogP contribution < -0.4 is 5.73 Å². The molecular weight excluding hydrogens is 260 g/mol. The molecule has 1 atom stereocenters. The lowest BCUT2D eigenvalue weighted by Crippen LogP contribution is -2.31. The maximum atomic E-state index is 9.06. The summed E-state index contributed by atoms with van der Waals surface area (Å²) in [7, 11) is 0. The van der Waals surface area contributed by atoms with E-state index in [9.17, 15) is 0 Å². The van der Waals surface area contributed by atoms with E-state index in [1.165, 1.54) is 6.42 Å². The number of nitrogens with zero attached hydrogens (tertiary/aromatic N) is 1. The van der Waals surface area contributed by atoms with Gasteiger partial charge in [0.05, 0.1) is 6.61 Å². The van der Waals surface area contributed by atoms with E-state index in [1.807, 2.05) is 24.3 Å². The SMILES string of the molecule is CCCCN(CCO)CCC(N)c1cccc(Cl)c1. The smallest absolute Gasteiger partial charge is 0.0558 e. The fourth-order valence-corrected chi connectivity index (χ4v) is 2.28. The summed E-state index contributed by atoms with van der Waals surface area (Å²) in [4.78, 5) is 2.27. The fourth-order valence-electron chi connectivity index (χ4n) is 2.08. The topological polar surface area (TPSA) is 49.5 Å². The van der Waals surface area contributed by atoms with Gasteiger partial charge in [-0.3, -0.25) is 0 Å². The summed E-state index contributed by atoms with van der Waals surface area (Å²) in [5.41, 5.74) is 7.27. The van der Waals surface area contributed by atoms with Crippen LogP contribution in [0.15, 0.2) is 24.3 Å². The quantitative estimate of drug-likeness (QED) is 0.733. The third-order valence-corrected chi connectivity index (χ3v) is 3.51. The maximum Gasteiger partial charge on any atom is 0.0558 e. The molecule has 0 heterocycles. The number of halogens is 1. The molecule has 19 heavy (non-hydrogen) atoms. The molecule has 0 spiro atoms. The third kappa shape index (κ3) is 6.39. The van der Waals surface area contributed by atoms with E-state index in [0.29, 0.717) is 0 Å². The van der Waals surface area contributed by atoms with E-state index < -0.39 is 0 Å². The number of hydrogen-bond donors (Lipinski definition) is 2. The highest BCUT2D eigenvalue weighted by atomic mass is 35.5. The first-order valence-corrected chi connectivity index (χ1v) is 7.39. The average molecular weight is 285 g/mol. The van der Waals surface area contributed by atoms with Crippen LogP contribution in [0.5, 0.6) is 0 Å². The summed E-state index contributed by atoms with van der Waals surface area (Å²) in [5, 5.41) is 9.79. The van der Waals surface area contributed by atoms with Crippen molar-refractivity contribution < 1.29 is 5.11 Å². The van der Waals surface area contributed by atoms with E-state index in [1.54, 1.807) is 0 Å². The van der Waals surface area contributed by atoms with E-state index in [0.717, 1.165) is 43.1 Å². The predicted molar refractivity (Wildman–Crippen MR) is 81.4 cm³/mol. The van der Waals surface area contributed by atoms with Crippen molar-refractivity contribution in [2.75, 3.05) is 26.2 Å². The van der Waals surface area contributed by atoms with Gasteiger partial charge in [-0.15, -0.1) is 0 Å². The van der Waals surface area contributed by atoms with Gasteiger partial charge in [-0.05, 0) is 37.1 Å². The minimum absolute atomic E-state index is 0.00141. The van der Waals surface area contributed by atoms with Crippen LogP contribution in [0.4, 0.5) is 0 Å². The highest BCUT2D eigenvalue weighted by Gasteiger charge is 2.10. The molecule has 0 saturated carbocycles. The predicted octanol–water partition coefficient (Wildman–Crippen LogP) is 2.82. The van der Waals surface area contributed by atoms with E-state index in [4.69, 9.17) is 22.4 Å². The minimum atomic E-state index is 0.00141. The summed E-state index contributed by atoms with van der Waals surface area (Å²) < 4.78 is 0. The molecule has 108 valence electrons. The molecule has 3 nitrogen and oxygen atoms in total. The molecular formula is C15H25ClN2O. The Morgan fingerprint density at radius 3 is 2.74 bits per heavy atom. The van der Waals surface area contributed by atoms with Gasteiger partial charge >= 0.3 is 0 Å². The van der Waals surface area contributed by atoms with Gasteiger partial charge in [-0.2, -0.15) is 0 Å². The van der Waals surface area contributed by atoms with Crippen LogP contribution in [0.25, 0.3) is 0 Å². The molecule has 0 aliphatic carbocycles. The van der Waals surface area contributed by atoms with Crippen molar-refractivity contribution in [1.29, 1.82) is 0 Å². The number of unbranched alkanes of at least 4 members (excludes halogenated alkanes) is 1. The Kier molecular flexibility index (Phi) is 8.07. The summed E-state index contributed by atoms with van der Waals surface area (Å²) in [6.07, 6.45) is 3.21. The molecule has 0 aromatic heterocycles. The van der Waals surface area contributed by atoms with Crippen molar-refractivity contribution in [3.8, 4) is 0 Å². The Morgan fingerprint density at radius 1 is 1.32 bits per heavy atom. The average Bonchev–Trinajstić information content (AvgIpc) is 2.41. The van der Waals surface area contributed by atoms with Crippen molar-refractivity contribution in [3.63, 3.8) is 0 Å². The number of aliphatic hydroxyl groups is 1. The van der Waals surface area contributed by atoms with E-state index in [2.05, 4.69) is 11.8 Å². The largest absolute Gasteiger partial charge is 0.395 e. The van der Waals surface area contributed by atoms with Gasteiger partial charge in [0.25, 0.3) is 0 Å². The van der Waals surface area contributed by atoms with Gasteiger partial charge in [0.1, 0.15) is 0 Å². The second-order valence-electron chi connectivity index (χ2n) is 4.87. The lowest BCUT2D eigenvalue weighted by Gasteiger charge is -2.23. The van der Waals surface area contributed by atoms with E-state index >= 15 is 0 Å². The second-order valence-corrected chi connectivity index (χ2v) is 5.31. The fraction of sp³-hybridized carbons (Fsp3) is 0.600. The Hall–Kier alpha value is -0.610. The van der Waals surface area contributed by atoms with Crippen molar-refractivity contribution in [1.82, 2.24) is 4.90 Å². The van der Waals surface area contributed by atoms with Crippen LogP contribution in [0.1, 0.15) is 37.8 Å². The van der Waals surface area contributed by atoms with Crippen LogP contribution in [0.3, 0.4) is 0 Å². The number of benzene rings is 1. The normalized spacial score (nSPS) is 12.9. The van der Waals surface area contributed by atoms with Gasteiger partial charge in [-0.25, -0.2) is 0 Å². The third-order valence-electron chi connectivity index (χ3n) is 3.28. The zero-order valence-electron chi connectivity index (χ0n) is 11.7. The van der Waals surface area contributed by atoms with Crippen LogP contribution in [-0.2, 0) is 0 Å².